The molecule has 0 N–H and O–H groups in total. The first-order valence-corrected chi connectivity index (χ1v) is 10.5. The van der Waals surface area contributed by atoms with Gasteiger partial charge in [0.1, 0.15) is 5.75 Å². The van der Waals surface area contributed by atoms with Crippen molar-refractivity contribution < 1.29 is 9.53 Å². The van der Waals surface area contributed by atoms with E-state index in [1.54, 1.807) is 23.5 Å². The first kappa shape index (κ1) is 19.6. The van der Waals surface area contributed by atoms with Gasteiger partial charge >= 0.3 is 5.97 Å². The van der Waals surface area contributed by atoms with Gasteiger partial charge < -0.3 is 4.74 Å². The van der Waals surface area contributed by atoms with E-state index in [9.17, 15) is 4.79 Å². The molecular formula is C21H22N2O2S2. The molecule has 3 aromatic rings. The zero-order valence-electron chi connectivity index (χ0n) is 15.7. The Kier molecular flexibility index (Phi) is 6.29. The van der Waals surface area contributed by atoms with Crippen molar-refractivity contribution in [1.82, 2.24) is 9.78 Å². The van der Waals surface area contributed by atoms with Crippen LogP contribution in [-0.2, 0) is 23.3 Å². The third-order valence-corrected chi connectivity index (χ3v) is 5.87. The van der Waals surface area contributed by atoms with E-state index in [1.807, 2.05) is 49.0 Å². The predicted molar refractivity (Wildman–Crippen MR) is 114 cm³/mol. The molecule has 0 saturated carbocycles. The van der Waals surface area contributed by atoms with Crippen molar-refractivity contribution in [2.75, 3.05) is 0 Å². The second-order valence-electron chi connectivity index (χ2n) is 6.27. The molecule has 0 saturated heterocycles. The van der Waals surface area contributed by atoms with Gasteiger partial charge in [-0.25, -0.2) is 0 Å². The highest BCUT2D eigenvalue weighted by Crippen LogP contribution is 2.34. The SMILES string of the molecule is C=C(C)SCc1cc(CSc2cc(OC(C)=O)c3ccccc3c2)n(C)n1. The first-order chi connectivity index (χ1) is 12.9. The van der Waals surface area contributed by atoms with E-state index in [4.69, 9.17) is 4.74 Å². The molecule has 1 heterocycles. The Labute approximate surface area is 168 Å². The van der Waals surface area contributed by atoms with Gasteiger partial charge in [0.15, 0.2) is 0 Å². The number of rotatable bonds is 7. The third-order valence-electron chi connectivity index (χ3n) is 3.93. The van der Waals surface area contributed by atoms with Crippen LogP contribution in [0.4, 0.5) is 0 Å². The number of benzene rings is 2. The highest BCUT2D eigenvalue weighted by molar-refractivity contribution is 8.02. The van der Waals surface area contributed by atoms with Crippen LogP contribution in [0, 0.1) is 0 Å². The molecule has 27 heavy (non-hydrogen) atoms. The summed E-state index contributed by atoms with van der Waals surface area (Å²) in [5.41, 5.74) is 2.21. The Balaban J connectivity index is 1.79. The highest BCUT2D eigenvalue weighted by atomic mass is 32.2. The molecule has 0 amide bonds. The summed E-state index contributed by atoms with van der Waals surface area (Å²) in [6.07, 6.45) is 0. The minimum atomic E-state index is -0.311. The first-order valence-electron chi connectivity index (χ1n) is 8.56. The van der Waals surface area contributed by atoms with Crippen LogP contribution in [0.2, 0.25) is 0 Å². The van der Waals surface area contributed by atoms with Crippen LogP contribution in [0.5, 0.6) is 5.75 Å². The molecule has 4 nitrogen and oxygen atoms in total. The second kappa shape index (κ2) is 8.67. The molecule has 0 atom stereocenters. The molecule has 3 rings (SSSR count). The largest absolute Gasteiger partial charge is 0.426 e. The maximum absolute atomic E-state index is 11.5. The van der Waals surface area contributed by atoms with Crippen LogP contribution in [-0.4, -0.2) is 15.7 Å². The minimum Gasteiger partial charge on any atom is -0.426 e. The number of fused-ring (bicyclic) bond motifs is 1. The molecule has 0 fully saturated rings. The summed E-state index contributed by atoms with van der Waals surface area (Å²) >= 11 is 3.41. The standard InChI is InChI=1S/C21H22N2O2S2/c1-14(2)26-12-17-10-18(23(4)22-17)13-27-19-9-16-7-5-6-8-20(16)21(11-19)25-15(3)24/h5-11H,1,12-13H2,2-4H3. The third kappa shape index (κ3) is 5.17. The summed E-state index contributed by atoms with van der Waals surface area (Å²) in [4.78, 5) is 13.6. The van der Waals surface area contributed by atoms with Gasteiger partial charge in [-0.2, -0.15) is 5.10 Å². The minimum absolute atomic E-state index is 0.311. The number of carbonyl (C=O) groups excluding carboxylic acids is 1. The molecule has 0 spiro atoms. The number of allylic oxidation sites excluding steroid dienone is 1. The second-order valence-corrected chi connectivity index (χ2v) is 8.59. The number of carbonyl (C=O) groups is 1. The Hall–Kier alpha value is -2.18. The maximum Gasteiger partial charge on any atom is 0.308 e. The van der Waals surface area contributed by atoms with Gasteiger partial charge in [0.2, 0.25) is 0 Å². The lowest BCUT2D eigenvalue weighted by Gasteiger charge is -2.10. The van der Waals surface area contributed by atoms with Crippen molar-refractivity contribution in [3.05, 3.63) is 65.3 Å². The molecule has 0 aliphatic heterocycles. The normalized spacial score (nSPS) is 10.9. The molecule has 140 valence electrons. The van der Waals surface area contributed by atoms with Gasteiger partial charge in [-0.1, -0.05) is 30.8 Å². The smallest absolute Gasteiger partial charge is 0.308 e. The highest BCUT2D eigenvalue weighted by Gasteiger charge is 2.10. The predicted octanol–water partition coefficient (Wildman–Crippen LogP) is 5.56. The zero-order valence-corrected chi connectivity index (χ0v) is 17.3. The van der Waals surface area contributed by atoms with Gasteiger partial charge in [0, 0.05) is 41.5 Å². The zero-order chi connectivity index (χ0) is 19.4. The molecule has 0 unspecified atom stereocenters. The Morgan fingerprint density at radius 2 is 1.96 bits per heavy atom. The van der Waals surface area contributed by atoms with Crippen LogP contribution < -0.4 is 4.74 Å². The number of thioether (sulfide) groups is 2. The van der Waals surface area contributed by atoms with E-state index in [0.717, 1.165) is 43.5 Å². The number of aromatic nitrogens is 2. The molecule has 6 heteroatoms. The molecule has 1 aromatic heterocycles. The Bertz CT molecular complexity index is 995. The summed E-state index contributed by atoms with van der Waals surface area (Å²) in [6.45, 7) is 7.35. The van der Waals surface area contributed by atoms with E-state index in [-0.39, 0.29) is 5.97 Å². The van der Waals surface area contributed by atoms with Gasteiger partial charge in [-0.05, 0) is 35.4 Å². The van der Waals surface area contributed by atoms with Gasteiger partial charge in [-0.15, -0.1) is 23.5 Å². The van der Waals surface area contributed by atoms with Crippen LogP contribution in [0.15, 0.2) is 58.8 Å². The average Bonchev–Trinajstić information content (AvgIpc) is 2.97. The number of nitrogens with zero attached hydrogens (tertiary/aromatic N) is 2. The lowest BCUT2D eigenvalue weighted by atomic mass is 10.1. The van der Waals surface area contributed by atoms with Crippen molar-refractivity contribution in [2.24, 2.45) is 7.05 Å². The van der Waals surface area contributed by atoms with E-state index in [1.165, 1.54) is 6.92 Å². The molecule has 0 bridgehead atoms. The van der Waals surface area contributed by atoms with Gasteiger partial charge in [0.25, 0.3) is 0 Å². The van der Waals surface area contributed by atoms with E-state index < -0.39 is 0 Å². The fourth-order valence-electron chi connectivity index (χ4n) is 2.70. The van der Waals surface area contributed by atoms with Crippen molar-refractivity contribution in [1.29, 1.82) is 0 Å². The number of esters is 1. The van der Waals surface area contributed by atoms with E-state index >= 15 is 0 Å². The fourth-order valence-corrected chi connectivity index (χ4v) is 4.22. The number of hydrogen-bond donors (Lipinski definition) is 0. The fraction of sp³-hybridized carbons (Fsp3) is 0.238. The molecular weight excluding hydrogens is 376 g/mol. The van der Waals surface area contributed by atoms with Crippen molar-refractivity contribution in [3.8, 4) is 5.75 Å². The summed E-state index contributed by atoms with van der Waals surface area (Å²) in [7, 11) is 1.97. The van der Waals surface area contributed by atoms with E-state index in [2.05, 4.69) is 23.8 Å². The summed E-state index contributed by atoms with van der Waals surface area (Å²) in [5.74, 6) is 1.92. The summed E-state index contributed by atoms with van der Waals surface area (Å²) in [6, 6.07) is 14.1. The van der Waals surface area contributed by atoms with Crippen LogP contribution in [0.3, 0.4) is 0 Å². The van der Waals surface area contributed by atoms with Gasteiger partial charge in [-0.3, -0.25) is 9.48 Å². The molecule has 0 aliphatic carbocycles. The Morgan fingerprint density at radius 1 is 1.19 bits per heavy atom. The van der Waals surface area contributed by atoms with Crippen LogP contribution >= 0.6 is 23.5 Å². The Morgan fingerprint density at radius 3 is 2.70 bits per heavy atom. The summed E-state index contributed by atoms with van der Waals surface area (Å²) < 4.78 is 7.35. The topological polar surface area (TPSA) is 44.1 Å². The van der Waals surface area contributed by atoms with Gasteiger partial charge in [0.05, 0.1) is 5.69 Å². The summed E-state index contributed by atoms with van der Waals surface area (Å²) in [5, 5.41) is 6.57. The molecule has 0 radical (unpaired) electrons. The number of hydrogen-bond acceptors (Lipinski definition) is 5. The van der Waals surface area contributed by atoms with Crippen LogP contribution in [0.25, 0.3) is 10.8 Å². The quantitative estimate of drug-likeness (QED) is 0.296. The van der Waals surface area contributed by atoms with Crippen molar-refractivity contribution in [3.63, 3.8) is 0 Å². The number of aryl methyl sites for hydroxylation is 1. The van der Waals surface area contributed by atoms with Crippen molar-refractivity contribution >= 4 is 40.3 Å². The monoisotopic (exact) mass is 398 g/mol. The lowest BCUT2D eigenvalue weighted by Crippen LogP contribution is -2.02. The number of ether oxygens (including phenoxy) is 1. The average molecular weight is 399 g/mol. The maximum atomic E-state index is 11.5. The molecule has 2 aromatic carbocycles. The lowest BCUT2D eigenvalue weighted by molar-refractivity contribution is -0.131. The van der Waals surface area contributed by atoms with Crippen LogP contribution in [0.1, 0.15) is 25.2 Å². The van der Waals surface area contributed by atoms with E-state index in [0.29, 0.717) is 5.75 Å². The van der Waals surface area contributed by atoms with Crippen molar-refractivity contribution in [2.45, 2.75) is 30.2 Å². The molecule has 0 aliphatic rings.